The van der Waals surface area contributed by atoms with E-state index in [1.807, 2.05) is 13.8 Å². The monoisotopic (exact) mass is 662 g/mol. The second-order valence-corrected chi connectivity index (χ2v) is 11.4. The molecular formula is C29H35BrF4N2O6. The fourth-order valence-electron chi connectivity index (χ4n) is 4.32. The van der Waals surface area contributed by atoms with E-state index in [2.05, 4.69) is 15.9 Å². The summed E-state index contributed by atoms with van der Waals surface area (Å²) in [6.45, 7) is 8.84. The van der Waals surface area contributed by atoms with E-state index in [1.165, 1.54) is 18.5 Å². The zero-order chi connectivity index (χ0) is 31.7. The predicted octanol–water partition coefficient (Wildman–Crippen LogP) is 6.68. The smallest absolute Gasteiger partial charge is 0.334 e. The largest absolute Gasteiger partial charge is 0.464 e. The number of halogens is 5. The zero-order valence-corrected chi connectivity index (χ0v) is 25.6. The lowest BCUT2D eigenvalue weighted by molar-refractivity contribution is -0.148. The molecule has 42 heavy (non-hydrogen) atoms. The van der Waals surface area contributed by atoms with Crippen molar-refractivity contribution in [1.29, 1.82) is 0 Å². The molecule has 0 aliphatic carbocycles. The van der Waals surface area contributed by atoms with Crippen molar-refractivity contribution in [1.82, 2.24) is 9.13 Å². The molecule has 232 valence electrons. The Labute approximate surface area is 249 Å². The standard InChI is InChI=1S/C29H35BrF4N2O6/c1-6-41-28(39)22(10-16(2)3)35-14-18(12-20(24(31)32)26(35)37)8-7-9-42-29(40)23(11-17(4)5)36-15-19(30)13-21(25(33)34)27(36)38/h7,9,12-17,22-25H,6,8,10-11H2,1-5H3/b9-7+. The molecule has 0 aromatic carbocycles. The highest BCUT2D eigenvalue weighted by atomic mass is 79.9. The summed E-state index contributed by atoms with van der Waals surface area (Å²) in [5.41, 5.74) is -3.37. The maximum Gasteiger partial charge on any atom is 0.334 e. The lowest BCUT2D eigenvalue weighted by Crippen LogP contribution is -2.34. The number of hydrogen-bond donors (Lipinski definition) is 0. The van der Waals surface area contributed by atoms with E-state index in [4.69, 9.17) is 9.47 Å². The first-order valence-electron chi connectivity index (χ1n) is 13.4. The molecular weight excluding hydrogens is 628 g/mol. The molecule has 2 aromatic rings. The molecule has 2 rings (SSSR count). The van der Waals surface area contributed by atoms with Crippen molar-refractivity contribution < 1.29 is 36.6 Å². The van der Waals surface area contributed by atoms with Crippen molar-refractivity contribution in [3.8, 4) is 0 Å². The van der Waals surface area contributed by atoms with Gasteiger partial charge in [0.25, 0.3) is 24.0 Å². The van der Waals surface area contributed by atoms with Crippen molar-refractivity contribution >= 4 is 27.9 Å². The Kier molecular flexibility index (Phi) is 13.2. The molecule has 0 aliphatic rings. The number of esters is 2. The second kappa shape index (κ2) is 15.9. The van der Waals surface area contributed by atoms with Crippen LogP contribution in [0.2, 0.25) is 0 Å². The van der Waals surface area contributed by atoms with Gasteiger partial charge in [-0.2, -0.15) is 0 Å². The molecule has 2 aromatic heterocycles. The first-order chi connectivity index (χ1) is 19.7. The first-order valence-corrected chi connectivity index (χ1v) is 14.2. The van der Waals surface area contributed by atoms with Crippen LogP contribution in [0.4, 0.5) is 17.6 Å². The summed E-state index contributed by atoms with van der Waals surface area (Å²) in [5, 5.41) is 0. The third-order valence-electron chi connectivity index (χ3n) is 6.16. The topological polar surface area (TPSA) is 96.6 Å². The van der Waals surface area contributed by atoms with Crippen LogP contribution in [0.25, 0.3) is 0 Å². The number of aromatic nitrogens is 2. The van der Waals surface area contributed by atoms with Gasteiger partial charge in [0.1, 0.15) is 12.1 Å². The number of allylic oxidation sites excluding steroid dienone is 1. The quantitative estimate of drug-likeness (QED) is 0.127. The summed E-state index contributed by atoms with van der Waals surface area (Å²) < 4.78 is 66.6. The molecule has 0 fully saturated rings. The number of carbonyl (C=O) groups is 2. The van der Waals surface area contributed by atoms with Crippen LogP contribution in [0.1, 0.15) is 89.1 Å². The van der Waals surface area contributed by atoms with Crippen molar-refractivity contribution in [2.24, 2.45) is 11.8 Å². The van der Waals surface area contributed by atoms with E-state index >= 15 is 0 Å². The van der Waals surface area contributed by atoms with Crippen molar-refractivity contribution in [3.05, 3.63) is 78.7 Å². The van der Waals surface area contributed by atoms with Crippen molar-refractivity contribution in [2.75, 3.05) is 6.61 Å². The van der Waals surface area contributed by atoms with E-state index in [0.717, 1.165) is 27.5 Å². The highest BCUT2D eigenvalue weighted by molar-refractivity contribution is 9.10. The van der Waals surface area contributed by atoms with E-state index < -0.39 is 59.1 Å². The van der Waals surface area contributed by atoms with Gasteiger partial charge in [-0.1, -0.05) is 27.7 Å². The maximum atomic E-state index is 13.8. The summed E-state index contributed by atoms with van der Waals surface area (Å²) in [6.07, 6.45) is -1.07. The minimum atomic E-state index is -3.11. The molecule has 0 aliphatic heterocycles. The number of hydrogen-bond acceptors (Lipinski definition) is 6. The molecule has 0 radical (unpaired) electrons. The Hall–Kier alpha value is -3.22. The van der Waals surface area contributed by atoms with Crippen molar-refractivity contribution in [2.45, 2.75) is 78.8 Å². The predicted molar refractivity (Wildman–Crippen MR) is 152 cm³/mol. The first kappa shape index (κ1) is 35.0. The number of nitrogens with zero attached hydrogens (tertiary/aromatic N) is 2. The minimum absolute atomic E-state index is 0.0466. The number of carbonyl (C=O) groups excluding carboxylic acids is 2. The average Bonchev–Trinajstić information content (AvgIpc) is 2.89. The molecule has 2 unspecified atom stereocenters. The Bertz CT molecular complexity index is 1390. The number of ether oxygens (including phenoxy) is 2. The van der Waals surface area contributed by atoms with Gasteiger partial charge in [-0.15, -0.1) is 0 Å². The summed E-state index contributed by atoms with van der Waals surface area (Å²) >= 11 is 3.09. The van der Waals surface area contributed by atoms with Crippen LogP contribution in [0.3, 0.4) is 0 Å². The SMILES string of the molecule is CCOC(=O)C(CC(C)C)n1cc(C/C=C/OC(=O)C(CC(C)C)n2cc(Br)cc(C(F)F)c2=O)cc(C(F)F)c1=O. The van der Waals surface area contributed by atoms with Gasteiger partial charge in [-0.05, 0) is 77.7 Å². The summed E-state index contributed by atoms with van der Waals surface area (Å²) in [5.74, 6) is -1.78. The van der Waals surface area contributed by atoms with Crippen LogP contribution in [-0.4, -0.2) is 27.7 Å². The van der Waals surface area contributed by atoms with Gasteiger partial charge < -0.3 is 14.0 Å². The van der Waals surface area contributed by atoms with Crippen LogP contribution < -0.4 is 11.1 Å². The van der Waals surface area contributed by atoms with E-state index in [0.29, 0.717) is 0 Å². The van der Waals surface area contributed by atoms with Gasteiger partial charge in [0.2, 0.25) is 0 Å². The number of rotatable bonds is 14. The van der Waals surface area contributed by atoms with Gasteiger partial charge in [0, 0.05) is 16.9 Å². The van der Waals surface area contributed by atoms with Gasteiger partial charge in [0.05, 0.1) is 24.0 Å². The molecule has 0 spiro atoms. The van der Waals surface area contributed by atoms with Gasteiger partial charge >= 0.3 is 11.9 Å². The maximum absolute atomic E-state index is 13.8. The molecule has 0 N–H and O–H groups in total. The summed E-state index contributed by atoms with van der Waals surface area (Å²) in [4.78, 5) is 51.1. The molecule has 0 saturated heterocycles. The normalized spacial score (nSPS) is 13.4. The lowest BCUT2D eigenvalue weighted by Gasteiger charge is -2.22. The Morgan fingerprint density at radius 2 is 1.36 bits per heavy atom. The van der Waals surface area contributed by atoms with Gasteiger partial charge in [-0.25, -0.2) is 27.2 Å². The highest BCUT2D eigenvalue weighted by Crippen LogP contribution is 2.25. The molecule has 2 atom stereocenters. The molecule has 0 bridgehead atoms. The highest BCUT2D eigenvalue weighted by Gasteiger charge is 2.28. The van der Waals surface area contributed by atoms with E-state index in [-0.39, 0.29) is 47.7 Å². The molecule has 13 heteroatoms. The lowest BCUT2D eigenvalue weighted by atomic mass is 10.0. The van der Waals surface area contributed by atoms with E-state index in [1.54, 1.807) is 20.8 Å². The summed E-state index contributed by atoms with van der Waals surface area (Å²) in [7, 11) is 0. The third kappa shape index (κ3) is 9.40. The molecule has 2 heterocycles. The summed E-state index contributed by atoms with van der Waals surface area (Å²) in [6, 6.07) is -0.329. The molecule has 8 nitrogen and oxygen atoms in total. The fourth-order valence-corrected chi connectivity index (χ4v) is 4.78. The number of pyridine rings is 2. The molecule has 0 saturated carbocycles. The van der Waals surface area contributed by atoms with Crippen LogP contribution in [0, 0.1) is 11.8 Å². The second-order valence-electron chi connectivity index (χ2n) is 10.5. The van der Waals surface area contributed by atoms with Gasteiger partial charge in [0.15, 0.2) is 0 Å². The van der Waals surface area contributed by atoms with Crippen LogP contribution in [0.5, 0.6) is 0 Å². The minimum Gasteiger partial charge on any atom is -0.464 e. The Morgan fingerprint density at radius 1 is 0.857 bits per heavy atom. The van der Waals surface area contributed by atoms with Crippen LogP contribution in [0.15, 0.2) is 50.9 Å². The Morgan fingerprint density at radius 3 is 1.86 bits per heavy atom. The zero-order valence-electron chi connectivity index (χ0n) is 24.0. The van der Waals surface area contributed by atoms with Crippen LogP contribution >= 0.6 is 15.9 Å². The molecule has 0 amide bonds. The number of alkyl halides is 4. The van der Waals surface area contributed by atoms with E-state index in [9.17, 15) is 36.7 Å². The fraction of sp³-hybridized carbons (Fsp3) is 0.517. The van der Waals surface area contributed by atoms with Crippen molar-refractivity contribution in [3.63, 3.8) is 0 Å². The Balaban J connectivity index is 2.38. The van der Waals surface area contributed by atoms with Gasteiger partial charge in [-0.3, -0.25) is 14.2 Å². The average molecular weight is 664 g/mol. The third-order valence-corrected chi connectivity index (χ3v) is 6.59. The van der Waals surface area contributed by atoms with Crippen LogP contribution in [-0.2, 0) is 25.5 Å².